The number of ether oxygens (including phenoxy) is 4. The van der Waals surface area contributed by atoms with E-state index in [1.807, 2.05) is 48.5 Å². The van der Waals surface area contributed by atoms with E-state index in [2.05, 4.69) is 0 Å². The predicted molar refractivity (Wildman–Crippen MR) is 87.5 cm³/mol. The summed E-state index contributed by atoms with van der Waals surface area (Å²) in [5, 5.41) is 0. The lowest BCUT2D eigenvalue weighted by Crippen LogP contribution is -2.34. The SMILES string of the molecule is NC1COc2ccccc2OCCCOc2ccccc2OC1. The van der Waals surface area contributed by atoms with Crippen molar-refractivity contribution in [1.82, 2.24) is 0 Å². The molecule has 122 valence electrons. The highest BCUT2D eigenvalue weighted by molar-refractivity contribution is 5.40. The lowest BCUT2D eigenvalue weighted by molar-refractivity contribution is 0.190. The summed E-state index contributed by atoms with van der Waals surface area (Å²) in [5.74, 6) is 2.83. The van der Waals surface area contributed by atoms with Crippen molar-refractivity contribution < 1.29 is 18.9 Å². The molecule has 0 aliphatic carbocycles. The Bertz CT molecular complexity index is 578. The summed E-state index contributed by atoms with van der Waals surface area (Å²) in [6, 6.07) is 14.9. The van der Waals surface area contributed by atoms with E-state index in [0.717, 1.165) is 17.9 Å². The molecule has 0 spiro atoms. The van der Waals surface area contributed by atoms with Crippen LogP contribution in [-0.4, -0.2) is 32.5 Å². The summed E-state index contributed by atoms with van der Waals surface area (Å²) < 4.78 is 23.1. The van der Waals surface area contributed by atoms with Gasteiger partial charge < -0.3 is 24.7 Å². The lowest BCUT2D eigenvalue weighted by atomic mass is 10.3. The standard InChI is InChI=1S/C18H21NO4/c19-14-12-22-17-8-3-1-6-15(17)20-10-5-11-21-16-7-2-4-9-18(16)23-13-14/h1-4,6-9,14H,5,10-13,19H2. The number of benzene rings is 2. The first-order valence-corrected chi connectivity index (χ1v) is 7.78. The molecule has 3 rings (SSSR count). The molecule has 2 N–H and O–H groups in total. The maximum absolute atomic E-state index is 6.07. The Hall–Kier alpha value is -2.40. The fourth-order valence-electron chi connectivity index (χ4n) is 2.24. The maximum atomic E-state index is 6.07. The van der Waals surface area contributed by atoms with Crippen LogP contribution in [0.5, 0.6) is 23.0 Å². The van der Waals surface area contributed by atoms with E-state index in [1.54, 1.807) is 0 Å². The van der Waals surface area contributed by atoms with Gasteiger partial charge in [0.2, 0.25) is 0 Å². The molecule has 0 bridgehead atoms. The third-order valence-electron chi connectivity index (χ3n) is 3.41. The van der Waals surface area contributed by atoms with E-state index in [4.69, 9.17) is 24.7 Å². The summed E-state index contributed by atoms with van der Waals surface area (Å²) in [4.78, 5) is 0. The Kier molecular flexibility index (Phi) is 5.21. The van der Waals surface area contributed by atoms with E-state index in [0.29, 0.717) is 37.9 Å². The van der Waals surface area contributed by atoms with Crippen LogP contribution in [0.25, 0.3) is 0 Å². The fraction of sp³-hybridized carbons (Fsp3) is 0.333. The van der Waals surface area contributed by atoms with Crippen molar-refractivity contribution in [1.29, 1.82) is 0 Å². The molecule has 0 atom stereocenters. The van der Waals surface area contributed by atoms with Gasteiger partial charge in [0.1, 0.15) is 13.2 Å². The number of hydrogen-bond acceptors (Lipinski definition) is 5. The third kappa shape index (κ3) is 4.29. The van der Waals surface area contributed by atoms with Gasteiger partial charge in [-0.1, -0.05) is 24.3 Å². The number of fused-ring (bicyclic) bond motifs is 2. The zero-order valence-electron chi connectivity index (χ0n) is 12.9. The van der Waals surface area contributed by atoms with Crippen molar-refractivity contribution in [2.45, 2.75) is 12.5 Å². The van der Waals surface area contributed by atoms with Gasteiger partial charge in [-0.25, -0.2) is 0 Å². The topological polar surface area (TPSA) is 62.9 Å². The van der Waals surface area contributed by atoms with Crippen molar-refractivity contribution in [3.05, 3.63) is 48.5 Å². The van der Waals surface area contributed by atoms with Crippen molar-refractivity contribution >= 4 is 0 Å². The quantitative estimate of drug-likeness (QED) is 0.810. The molecule has 1 heterocycles. The largest absolute Gasteiger partial charge is 0.490 e. The average molecular weight is 315 g/mol. The maximum Gasteiger partial charge on any atom is 0.161 e. The van der Waals surface area contributed by atoms with Crippen LogP contribution < -0.4 is 24.7 Å². The van der Waals surface area contributed by atoms with Crippen LogP contribution in [0.2, 0.25) is 0 Å². The third-order valence-corrected chi connectivity index (χ3v) is 3.41. The average Bonchev–Trinajstić information content (AvgIpc) is 2.59. The summed E-state index contributed by atoms with van der Waals surface area (Å²) >= 11 is 0. The van der Waals surface area contributed by atoms with Crippen molar-refractivity contribution in [3.8, 4) is 23.0 Å². The molecule has 5 nitrogen and oxygen atoms in total. The van der Waals surface area contributed by atoms with Crippen LogP contribution in [0.4, 0.5) is 0 Å². The van der Waals surface area contributed by atoms with Gasteiger partial charge in [0, 0.05) is 6.42 Å². The molecule has 0 aromatic heterocycles. The first-order chi connectivity index (χ1) is 11.3. The van der Waals surface area contributed by atoms with E-state index >= 15 is 0 Å². The number of nitrogens with two attached hydrogens (primary N) is 1. The van der Waals surface area contributed by atoms with Gasteiger partial charge >= 0.3 is 0 Å². The Balaban J connectivity index is 1.72. The molecule has 0 amide bonds. The van der Waals surface area contributed by atoms with Gasteiger partial charge in [-0.05, 0) is 24.3 Å². The van der Waals surface area contributed by atoms with Gasteiger partial charge in [-0.2, -0.15) is 0 Å². The van der Waals surface area contributed by atoms with E-state index in [-0.39, 0.29) is 6.04 Å². The van der Waals surface area contributed by atoms with Gasteiger partial charge in [0.05, 0.1) is 19.3 Å². The molecule has 5 heteroatoms. The van der Waals surface area contributed by atoms with Gasteiger partial charge in [-0.15, -0.1) is 0 Å². The second-order valence-electron chi connectivity index (χ2n) is 5.33. The molecule has 2 aromatic carbocycles. The Morgan fingerprint density at radius 2 is 1.04 bits per heavy atom. The van der Waals surface area contributed by atoms with Crippen molar-refractivity contribution in [2.75, 3.05) is 26.4 Å². The van der Waals surface area contributed by atoms with E-state index in [9.17, 15) is 0 Å². The fourth-order valence-corrected chi connectivity index (χ4v) is 2.24. The molecule has 0 fully saturated rings. The van der Waals surface area contributed by atoms with Crippen LogP contribution in [0.3, 0.4) is 0 Å². The molecule has 23 heavy (non-hydrogen) atoms. The number of hydrogen-bond donors (Lipinski definition) is 1. The highest BCUT2D eigenvalue weighted by Crippen LogP contribution is 2.28. The predicted octanol–water partition coefficient (Wildman–Crippen LogP) is 2.63. The van der Waals surface area contributed by atoms with Crippen LogP contribution >= 0.6 is 0 Å². The Morgan fingerprint density at radius 1 is 0.652 bits per heavy atom. The molecule has 0 saturated carbocycles. The van der Waals surface area contributed by atoms with Crippen LogP contribution in [0, 0.1) is 0 Å². The number of rotatable bonds is 0. The van der Waals surface area contributed by atoms with Crippen molar-refractivity contribution in [2.24, 2.45) is 5.73 Å². The molecule has 2 aromatic rings. The zero-order valence-corrected chi connectivity index (χ0v) is 12.9. The minimum atomic E-state index is -0.251. The molecule has 0 saturated heterocycles. The summed E-state index contributed by atoms with van der Waals surface area (Å²) in [7, 11) is 0. The highest BCUT2D eigenvalue weighted by Gasteiger charge is 2.11. The molecule has 1 aliphatic heterocycles. The summed E-state index contributed by atoms with van der Waals surface area (Å²) in [6.07, 6.45) is 0.766. The normalized spacial score (nSPS) is 16.4. The summed E-state index contributed by atoms with van der Waals surface area (Å²) in [5.41, 5.74) is 6.07. The molecule has 0 radical (unpaired) electrons. The first kappa shape index (κ1) is 15.5. The smallest absolute Gasteiger partial charge is 0.161 e. The molecular weight excluding hydrogens is 294 g/mol. The van der Waals surface area contributed by atoms with E-state index < -0.39 is 0 Å². The Labute approximate surface area is 135 Å². The second-order valence-corrected chi connectivity index (χ2v) is 5.33. The minimum Gasteiger partial charge on any atom is -0.490 e. The number of para-hydroxylation sites is 4. The first-order valence-electron chi connectivity index (χ1n) is 7.78. The highest BCUT2D eigenvalue weighted by atomic mass is 16.5. The van der Waals surface area contributed by atoms with Gasteiger partial charge in [0.25, 0.3) is 0 Å². The molecular formula is C18H21NO4. The van der Waals surface area contributed by atoms with Crippen LogP contribution in [0.15, 0.2) is 48.5 Å². The lowest BCUT2D eigenvalue weighted by Gasteiger charge is -2.19. The van der Waals surface area contributed by atoms with Crippen molar-refractivity contribution in [3.63, 3.8) is 0 Å². The van der Waals surface area contributed by atoms with Gasteiger partial charge in [-0.3, -0.25) is 0 Å². The monoisotopic (exact) mass is 315 g/mol. The van der Waals surface area contributed by atoms with E-state index in [1.165, 1.54) is 0 Å². The summed E-state index contributed by atoms with van der Waals surface area (Å²) in [6.45, 7) is 1.80. The zero-order chi connectivity index (χ0) is 15.9. The Morgan fingerprint density at radius 3 is 1.48 bits per heavy atom. The molecule has 1 aliphatic rings. The molecule has 0 unspecified atom stereocenters. The van der Waals surface area contributed by atoms with Crippen LogP contribution in [-0.2, 0) is 0 Å². The van der Waals surface area contributed by atoms with Crippen LogP contribution in [0.1, 0.15) is 6.42 Å². The van der Waals surface area contributed by atoms with Gasteiger partial charge in [0.15, 0.2) is 23.0 Å². The minimum absolute atomic E-state index is 0.251. The second kappa shape index (κ2) is 7.74.